The zero-order chi connectivity index (χ0) is 20.3. The fraction of sp³-hybridized carbons (Fsp3) is 0.958. The van der Waals surface area contributed by atoms with Gasteiger partial charge in [-0.2, -0.15) is 0 Å². The van der Waals surface area contributed by atoms with Crippen LogP contribution in [0.1, 0.15) is 112 Å². The van der Waals surface area contributed by atoms with Crippen molar-refractivity contribution in [2.75, 3.05) is 7.11 Å². The van der Waals surface area contributed by atoms with E-state index in [1.807, 2.05) is 0 Å². The molecule has 0 amide bonds. The molecule has 0 spiro atoms. The van der Waals surface area contributed by atoms with Gasteiger partial charge in [-0.05, 0) is 36.5 Å². The number of esters is 1. The first-order valence-corrected chi connectivity index (χ1v) is 11.6. The van der Waals surface area contributed by atoms with E-state index in [0.29, 0.717) is 0 Å². The first-order valence-electron chi connectivity index (χ1n) is 11.6. The molecule has 0 radical (unpaired) electrons. The summed E-state index contributed by atoms with van der Waals surface area (Å²) < 4.78 is 11.3. The average molecular weight is 383 g/mol. The molecule has 3 unspecified atom stereocenters. The Morgan fingerprint density at radius 1 is 1.07 bits per heavy atom. The van der Waals surface area contributed by atoms with Gasteiger partial charge in [0.25, 0.3) is 0 Å². The second kappa shape index (κ2) is 12.8. The minimum absolute atomic E-state index is 0.0279. The number of methoxy groups -OCH3 is 1. The minimum Gasteiger partial charge on any atom is -0.436 e. The molecule has 1 aliphatic rings. The fourth-order valence-corrected chi connectivity index (χ4v) is 4.54. The van der Waals surface area contributed by atoms with Crippen LogP contribution in [-0.2, 0) is 14.3 Å². The highest BCUT2D eigenvalue weighted by molar-refractivity contribution is 5.73. The first-order chi connectivity index (χ1) is 12.8. The zero-order valence-corrected chi connectivity index (χ0v) is 19.0. The van der Waals surface area contributed by atoms with Crippen molar-refractivity contribution in [2.45, 2.75) is 118 Å². The standard InChI is InChI=1S/C24H46O3/c1-7-13-21(24(4,5)8-2)23(25)27-22(26-6)17-12-14-19(3)18-20-15-10-9-11-16-20/h19-22H,7-18H2,1-6H3. The van der Waals surface area contributed by atoms with Gasteiger partial charge in [-0.1, -0.05) is 86.0 Å². The predicted octanol–water partition coefficient (Wildman–Crippen LogP) is 7.13. The van der Waals surface area contributed by atoms with E-state index in [2.05, 4.69) is 34.6 Å². The average Bonchev–Trinajstić information content (AvgIpc) is 2.65. The molecule has 3 nitrogen and oxygen atoms in total. The third-order valence-electron chi connectivity index (χ3n) is 6.82. The van der Waals surface area contributed by atoms with Crippen LogP contribution in [0, 0.1) is 23.2 Å². The van der Waals surface area contributed by atoms with Gasteiger partial charge in [0, 0.05) is 13.5 Å². The van der Waals surface area contributed by atoms with E-state index in [4.69, 9.17) is 9.47 Å². The second-order valence-electron chi connectivity index (χ2n) is 9.56. The summed E-state index contributed by atoms with van der Waals surface area (Å²) in [5, 5.41) is 0. The number of rotatable bonds is 13. The predicted molar refractivity (Wildman–Crippen MR) is 114 cm³/mol. The molecule has 1 aliphatic carbocycles. The summed E-state index contributed by atoms with van der Waals surface area (Å²) in [6, 6.07) is 0. The molecule has 0 aromatic heterocycles. The molecular formula is C24H46O3. The topological polar surface area (TPSA) is 35.5 Å². The van der Waals surface area contributed by atoms with Gasteiger partial charge < -0.3 is 9.47 Å². The molecule has 0 aliphatic heterocycles. The van der Waals surface area contributed by atoms with Crippen molar-refractivity contribution in [1.82, 2.24) is 0 Å². The highest BCUT2D eigenvalue weighted by atomic mass is 16.7. The van der Waals surface area contributed by atoms with Crippen LogP contribution < -0.4 is 0 Å². The lowest BCUT2D eigenvalue weighted by Crippen LogP contribution is -2.34. The van der Waals surface area contributed by atoms with E-state index in [1.54, 1.807) is 7.11 Å². The lowest BCUT2D eigenvalue weighted by molar-refractivity contribution is -0.184. The maximum atomic E-state index is 12.8. The number of hydrogen-bond donors (Lipinski definition) is 0. The minimum atomic E-state index is -0.397. The van der Waals surface area contributed by atoms with Crippen molar-refractivity contribution in [3.05, 3.63) is 0 Å². The Bertz CT molecular complexity index is 398. The highest BCUT2D eigenvalue weighted by Crippen LogP contribution is 2.35. The van der Waals surface area contributed by atoms with Crippen LogP contribution >= 0.6 is 0 Å². The molecule has 0 saturated heterocycles. The quantitative estimate of drug-likeness (QED) is 0.251. The molecule has 1 rings (SSSR count). The first kappa shape index (κ1) is 24.5. The summed E-state index contributed by atoms with van der Waals surface area (Å²) in [4.78, 5) is 12.8. The fourth-order valence-electron chi connectivity index (χ4n) is 4.54. The molecule has 0 N–H and O–H groups in total. The van der Waals surface area contributed by atoms with E-state index in [0.717, 1.165) is 43.9 Å². The zero-order valence-electron chi connectivity index (χ0n) is 19.0. The molecule has 0 aromatic carbocycles. The van der Waals surface area contributed by atoms with Crippen LogP contribution in [0.3, 0.4) is 0 Å². The van der Waals surface area contributed by atoms with Crippen LogP contribution in [0.4, 0.5) is 0 Å². The summed E-state index contributed by atoms with van der Waals surface area (Å²) in [6.45, 7) is 11.0. The van der Waals surface area contributed by atoms with E-state index in [9.17, 15) is 4.79 Å². The lowest BCUT2D eigenvalue weighted by atomic mass is 9.74. The van der Waals surface area contributed by atoms with Crippen molar-refractivity contribution in [1.29, 1.82) is 0 Å². The molecule has 1 saturated carbocycles. The van der Waals surface area contributed by atoms with E-state index in [-0.39, 0.29) is 17.3 Å². The molecule has 3 heteroatoms. The summed E-state index contributed by atoms with van der Waals surface area (Å²) in [5.74, 6) is 1.57. The molecule has 160 valence electrons. The van der Waals surface area contributed by atoms with Crippen molar-refractivity contribution >= 4 is 5.97 Å². The van der Waals surface area contributed by atoms with Crippen molar-refractivity contribution in [2.24, 2.45) is 23.2 Å². The van der Waals surface area contributed by atoms with Gasteiger partial charge in [0.05, 0.1) is 5.92 Å². The van der Waals surface area contributed by atoms with Gasteiger partial charge in [0.2, 0.25) is 6.29 Å². The smallest absolute Gasteiger partial charge is 0.311 e. The normalized spacial score (nSPS) is 19.5. The molecular weight excluding hydrogens is 336 g/mol. The SMILES string of the molecule is CCCC(C(=O)OC(CCCC(C)CC1CCCCC1)OC)C(C)(C)CC. The number of hydrogen-bond acceptors (Lipinski definition) is 3. The van der Waals surface area contributed by atoms with Crippen LogP contribution in [0.5, 0.6) is 0 Å². The van der Waals surface area contributed by atoms with Crippen molar-refractivity contribution in [3.63, 3.8) is 0 Å². The number of ether oxygens (including phenoxy) is 2. The summed E-state index contributed by atoms with van der Waals surface area (Å²) in [7, 11) is 1.66. The number of carbonyl (C=O) groups is 1. The van der Waals surface area contributed by atoms with Gasteiger partial charge in [-0.3, -0.25) is 4.79 Å². The Morgan fingerprint density at radius 3 is 2.30 bits per heavy atom. The summed E-state index contributed by atoms with van der Waals surface area (Å²) in [6.07, 6.45) is 14.0. The van der Waals surface area contributed by atoms with Crippen LogP contribution in [-0.4, -0.2) is 19.4 Å². The van der Waals surface area contributed by atoms with Gasteiger partial charge in [-0.15, -0.1) is 0 Å². The number of carbonyl (C=O) groups excluding carboxylic acids is 1. The Morgan fingerprint density at radius 2 is 1.74 bits per heavy atom. The van der Waals surface area contributed by atoms with Crippen LogP contribution in [0.25, 0.3) is 0 Å². The molecule has 0 bridgehead atoms. The molecule has 0 aromatic rings. The van der Waals surface area contributed by atoms with E-state index >= 15 is 0 Å². The lowest BCUT2D eigenvalue weighted by Gasteiger charge is -2.32. The maximum Gasteiger partial charge on any atom is 0.311 e. The highest BCUT2D eigenvalue weighted by Gasteiger charge is 2.35. The van der Waals surface area contributed by atoms with Gasteiger partial charge in [0.15, 0.2) is 0 Å². The van der Waals surface area contributed by atoms with Crippen molar-refractivity contribution < 1.29 is 14.3 Å². The van der Waals surface area contributed by atoms with E-state index < -0.39 is 6.29 Å². The third kappa shape index (κ3) is 8.98. The largest absolute Gasteiger partial charge is 0.436 e. The molecule has 3 atom stereocenters. The van der Waals surface area contributed by atoms with Crippen molar-refractivity contribution in [3.8, 4) is 0 Å². The Balaban J connectivity index is 2.40. The van der Waals surface area contributed by atoms with Gasteiger partial charge in [0.1, 0.15) is 0 Å². The Labute approximate surface area is 169 Å². The maximum absolute atomic E-state index is 12.8. The molecule has 27 heavy (non-hydrogen) atoms. The summed E-state index contributed by atoms with van der Waals surface area (Å²) >= 11 is 0. The Hall–Kier alpha value is -0.570. The monoisotopic (exact) mass is 382 g/mol. The Kier molecular flexibility index (Phi) is 11.6. The second-order valence-corrected chi connectivity index (χ2v) is 9.56. The van der Waals surface area contributed by atoms with Gasteiger partial charge >= 0.3 is 5.97 Å². The summed E-state index contributed by atoms with van der Waals surface area (Å²) in [5.41, 5.74) is -0.0279. The third-order valence-corrected chi connectivity index (χ3v) is 6.82. The van der Waals surface area contributed by atoms with E-state index in [1.165, 1.54) is 44.9 Å². The molecule has 1 fully saturated rings. The van der Waals surface area contributed by atoms with Crippen LogP contribution in [0.15, 0.2) is 0 Å². The molecule has 0 heterocycles. The van der Waals surface area contributed by atoms with Gasteiger partial charge in [-0.25, -0.2) is 0 Å². The van der Waals surface area contributed by atoms with Crippen LogP contribution in [0.2, 0.25) is 0 Å².